The van der Waals surface area contributed by atoms with E-state index >= 15 is 0 Å². The lowest BCUT2D eigenvalue weighted by atomic mass is 10.1. The number of nitrogens with one attached hydrogen (secondary N) is 1. The Kier molecular flexibility index (Phi) is 3.23. The van der Waals surface area contributed by atoms with Gasteiger partial charge in [0.05, 0.1) is 5.01 Å². The number of aryl methyl sites for hydroxylation is 2. The minimum atomic E-state index is 0.0438. The zero-order valence-electron chi connectivity index (χ0n) is 10.8. The molecule has 5 heteroatoms. The van der Waals surface area contributed by atoms with Crippen molar-refractivity contribution in [1.82, 2.24) is 9.97 Å². The van der Waals surface area contributed by atoms with Crippen LogP contribution in [0, 0.1) is 13.8 Å². The van der Waals surface area contributed by atoms with Crippen LogP contribution in [0.1, 0.15) is 30.7 Å². The Bertz CT molecular complexity index is 520. The van der Waals surface area contributed by atoms with E-state index in [-0.39, 0.29) is 5.54 Å². The first kappa shape index (κ1) is 12.5. The molecule has 0 radical (unpaired) electrons. The van der Waals surface area contributed by atoms with Gasteiger partial charge in [0.15, 0.2) is 5.13 Å². The molecule has 17 heavy (non-hydrogen) atoms. The lowest BCUT2D eigenvalue weighted by Gasteiger charge is -2.19. The summed E-state index contributed by atoms with van der Waals surface area (Å²) < 4.78 is 0. The first-order valence-electron chi connectivity index (χ1n) is 5.53. The largest absolute Gasteiger partial charge is 0.357 e. The van der Waals surface area contributed by atoms with Crippen LogP contribution < -0.4 is 5.32 Å². The van der Waals surface area contributed by atoms with Crippen molar-refractivity contribution in [3.63, 3.8) is 0 Å². The van der Waals surface area contributed by atoms with E-state index in [4.69, 9.17) is 0 Å². The molecule has 0 aliphatic heterocycles. The normalized spacial score (nSPS) is 11.8. The van der Waals surface area contributed by atoms with E-state index in [0.29, 0.717) is 0 Å². The molecular formula is C12H17N3S2. The summed E-state index contributed by atoms with van der Waals surface area (Å²) in [6, 6.07) is 0. The second-order valence-corrected chi connectivity index (χ2v) is 7.32. The van der Waals surface area contributed by atoms with Gasteiger partial charge in [-0.15, -0.1) is 22.7 Å². The Morgan fingerprint density at radius 2 is 1.88 bits per heavy atom. The third-order valence-electron chi connectivity index (χ3n) is 2.13. The third kappa shape index (κ3) is 3.04. The summed E-state index contributed by atoms with van der Waals surface area (Å²) in [7, 11) is 0. The fourth-order valence-electron chi connectivity index (χ4n) is 1.53. The first-order valence-corrected chi connectivity index (χ1v) is 7.23. The number of hydrogen-bond acceptors (Lipinski definition) is 5. The lowest BCUT2D eigenvalue weighted by molar-refractivity contribution is 0.633. The molecule has 0 atom stereocenters. The fraction of sp³-hybridized carbons (Fsp3) is 0.500. The predicted octanol–water partition coefficient (Wildman–Crippen LogP) is 4.09. The van der Waals surface area contributed by atoms with Crippen LogP contribution in [0.25, 0.3) is 11.4 Å². The van der Waals surface area contributed by atoms with Crippen LogP contribution in [0.15, 0.2) is 5.38 Å². The van der Waals surface area contributed by atoms with Crippen molar-refractivity contribution in [2.24, 2.45) is 0 Å². The van der Waals surface area contributed by atoms with Crippen molar-refractivity contribution in [3.8, 4) is 11.4 Å². The standard InChI is InChI=1S/C12H17N3S2/c1-7-10(13-8(2)17-7)9-6-16-11(14-9)15-12(3,4)5/h6H,1-5H3,(H,14,15). The number of aromatic nitrogens is 2. The Hall–Kier alpha value is -0.940. The van der Waals surface area contributed by atoms with E-state index < -0.39 is 0 Å². The zero-order valence-corrected chi connectivity index (χ0v) is 12.4. The van der Waals surface area contributed by atoms with Crippen LogP contribution in [-0.4, -0.2) is 15.5 Å². The molecule has 0 spiro atoms. The molecule has 3 nitrogen and oxygen atoms in total. The van der Waals surface area contributed by atoms with Gasteiger partial charge in [0.25, 0.3) is 0 Å². The van der Waals surface area contributed by atoms with Gasteiger partial charge in [-0.1, -0.05) is 0 Å². The molecule has 0 bridgehead atoms. The molecule has 0 amide bonds. The molecule has 1 N–H and O–H groups in total. The molecule has 2 heterocycles. The Morgan fingerprint density at radius 3 is 2.41 bits per heavy atom. The van der Waals surface area contributed by atoms with Crippen LogP contribution in [0.4, 0.5) is 5.13 Å². The SMILES string of the molecule is Cc1nc(-c2csc(NC(C)(C)C)n2)c(C)s1. The van der Waals surface area contributed by atoms with Crippen molar-refractivity contribution in [2.75, 3.05) is 5.32 Å². The number of hydrogen-bond donors (Lipinski definition) is 1. The van der Waals surface area contributed by atoms with Crippen LogP contribution in [0.2, 0.25) is 0 Å². The summed E-state index contributed by atoms with van der Waals surface area (Å²) in [4.78, 5) is 10.3. The Labute approximate surface area is 110 Å². The smallest absolute Gasteiger partial charge is 0.183 e. The van der Waals surface area contributed by atoms with E-state index in [1.54, 1.807) is 22.7 Å². The van der Waals surface area contributed by atoms with Crippen molar-refractivity contribution >= 4 is 27.8 Å². The molecule has 0 aliphatic rings. The lowest BCUT2D eigenvalue weighted by Crippen LogP contribution is -2.25. The maximum Gasteiger partial charge on any atom is 0.183 e. The van der Waals surface area contributed by atoms with Crippen LogP contribution >= 0.6 is 22.7 Å². The van der Waals surface area contributed by atoms with Crippen molar-refractivity contribution < 1.29 is 0 Å². The van der Waals surface area contributed by atoms with Gasteiger partial charge in [-0.2, -0.15) is 0 Å². The van der Waals surface area contributed by atoms with Gasteiger partial charge < -0.3 is 5.32 Å². The average molecular weight is 267 g/mol. The minimum Gasteiger partial charge on any atom is -0.357 e. The third-order valence-corrected chi connectivity index (χ3v) is 3.78. The molecule has 0 aliphatic carbocycles. The molecule has 2 aromatic rings. The van der Waals surface area contributed by atoms with E-state index in [2.05, 4.69) is 48.4 Å². The molecule has 2 aromatic heterocycles. The van der Waals surface area contributed by atoms with Gasteiger partial charge in [0.2, 0.25) is 0 Å². The highest BCUT2D eigenvalue weighted by Gasteiger charge is 2.15. The second kappa shape index (κ2) is 4.38. The second-order valence-electron chi connectivity index (χ2n) is 5.05. The van der Waals surface area contributed by atoms with Gasteiger partial charge in [-0.3, -0.25) is 0 Å². The average Bonchev–Trinajstić information content (AvgIpc) is 2.70. The Morgan fingerprint density at radius 1 is 1.18 bits per heavy atom. The highest BCUT2D eigenvalue weighted by Crippen LogP contribution is 2.30. The molecule has 0 saturated carbocycles. The molecule has 0 saturated heterocycles. The van der Waals surface area contributed by atoms with Crippen molar-refractivity contribution in [3.05, 3.63) is 15.3 Å². The first-order chi connectivity index (χ1) is 7.85. The molecule has 0 fully saturated rings. The van der Waals surface area contributed by atoms with Crippen LogP contribution in [-0.2, 0) is 0 Å². The number of anilines is 1. The highest BCUT2D eigenvalue weighted by atomic mass is 32.1. The van der Waals surface area contributed by atoms with Gasteiger partial charge >= 0.3 is 0 Å². The van der Waals surface area contributed by atoms with Gasteiger partial charge in [-0.05, 0) is 34.6 Å². The molecular weight excluding hydrogens is 250 g/mol. The summed E-state index contributed by atoms with van der Waals surface area (Å²) in [5.41, 5.74) is 2.04. The van der Waals surface area contributed by atoms with Crippen molar-refractivity contribution in [1.29, 1.82) is 0 Å². The van der Waals surface area contributed by atoms with Crippen molar-refractivity contribution in [2.45, 2.75) is 40.2 Å². The molecule has 0 aromatic carbocycles. The number of nitrogens with zero attached hydrogens (tertiary/aromatic N) is 2. The maximum absolute atomic E-state index is 4.59. The van der Waals surface area contributed by atoms with E-state index in [9.17, 15) is 0 Å². The summed E-state index contributed by atoms with van der Waals surface area (Å²) in [5.74, 6) is 0. The fourth-order valence-corrected chi connectivity index (χ4v) is 3.26. The minimum absolute atomic E-state index is 0.0438. The maximum atomic E-state index is 4.59. The topological polar surface area (TPSA) is 37.8 Å². The summed E-state index contributed by atoms with van der Waals surface area (Å²) in [6.45, 7) is 10.5. The highest BCUT2D eigenvalue weighted by molar-refractivity contribution is 7.14. The Balaban J connectivity index is 2.27. The summed E-state index contributed by atoms with van der Waals surface area (Å²) in [5, 5.41) is 7.50. The molecule has 2 rings (SSSR count). The van der Waals surface area contributed by atoms with Crippen LogP contribution in [0.5, 0.6) is 0 Å². The molecule has 92 valence electrons. The van der Waals surface area contributed by atoms with Gasteiger partial charge in [-0.25, -0.2) is 9.97 Å². The van der Waals surface area contributed by atoms with E-state index in [1.807, 2.05) is 6.92 Å². The van der Waals surface area contributed by atoms with Crippen LogP contribution in [0.3, 0.4) is 0 Å². The number of thiazole rings is 2. The molecule has 0 unspecified atom stereocenters. The monoisotopic (exact) mass is 267 g/mol. The van der Waals surface area contributed by atoms with Gasteiger partial charge in [0.1, 0.15) is 11.4 Å². The predicted molar refractivity (Wildman–Crippen MR) is 76.1 cm³/mol. The quantitative estimate of drug-likeness (QED) is 0.890. The zero-order chi connectivity index (χ0) is 12.6. The van der Waals surface area contributed by atoms with E-state index in [1.165, 1.54) is 4.88 Å². The van der Waals surface area contributed by atoms with Gasteiger partial charge in [0, 0.05) is 15.8 Å². The van der Waals surface area contributed by atoms with E-state index in [0.717, 1.165) is 21.5 Å². The summed E-state index contributed by atoms with van der Waals surface area (Å²) >= 11 is 3.35. The number of rotatable bonds is 2. The summed E-state index contributed by atoms with van der Waals surface area (Å²) in [6.07, 6.45) is 0.